The van der Waals surface area contributed by atoms with Gasteiger partial charge in [0.15, 0.2) is 0 Å². The number of hydrogen-bond acceptors (Lipinski definition) is 4. The lowest BCUT2D eigenvalue weighted by atomic mass is 10.1. The van der Waals surface area contributed by atoms with Gasteiger partial charge in [-0.25, -0.2) is 8.42 Å². The van der Waals surface area contributed by atoms with E-state index >= 15 is 0 Å². The van der Waals surface area contributed by atoms with Gasteiger partial charge in [-0.3, -0.25) is 4.72 Å². The van der Waals surface area contributed by atoms with E-state index < -0.39 is 27.3 Å². The first kappa shape index (κ1) is 15.3. The van der Waals surface area contributed by atoms with Gasteiger partial charge in [0.05, 0.1) is 16.8 Å². The number of alkyl halides is 3. The number of halogens is 3. The summed E-state index contributed by atoms with van der Waals surface area (Å²) in [6, 6.07) is 6.67. The second-order valence-electron chi connectivity index (χ2n) is 3.91. The van der Waals surface area contributed by atoms with Crippen molar-refractivity contribution in [3.63, 3.8) is 0 Å². The van der Waals surface area contributed by atoms with Gasteiger partial charge in [0.1, 0.15) is 10.3 Å². The summed E-state index contributed by atoms with van der Waals surface area (Å²) < 4.78 is 63.7. The zero-order valence-corrected chi connectivity index (χ0v) is 11.8. The molecule has 0 bridgehead atoms. The molecule has 0 aliphatic rings. The van der Waals surface area contributed by atoms with E-state index in [1.807, 2.05) is 0 Å². The normalized spacial score (nSPS) is 11.9. The van der Waals surface area contributed by atoms with E-state index in [-0.39, 0.29) is 9.90 Å². The Labute approximate surface area is 122 Å². The molecule has 1 N–H and O–H groups in total. The van der Waals surface area contributed by atoms with E-state index in [0.717, 1.165) is 17.4 Å². The molecule has 110 valence electrons. The minimum absolute atomic E-state index is 0.00582. The van der Waals surface area contributed by atoms with Crippen molar-refractivity contribution in [2.45, 2.75) is 10.4 Å². The topological polar surface area (TPSA) is 70.0 Å². The summed E-state index contributed by atoms with van der Waals surface area (Å²) in [5.41, 5.74) is -1.61. The molecular formula is C12H7F3N2O2S2. The van der Waals surface area contributed by atoms with Crippen LogP contribution in [0.25, 0.3) is 0 Å². The van der Waals surface area contributed by atoms with Gasteiger partial charge in [0, 0.05) is 0 Å². The van der Waals surface area contributed by atoms with Crippen molar-refractivity contribution >= 4 is 27.0 Å². The molecule has 0 unspecified atom stereocenters. The maximum Gasteiger partial charge on any atom is 0.416 e. The van der Waals surface area contributed by atoms with Crippen molar-refractivity contribution in [3.05, 3.63) is 46.8 Å². The third kappa shape index (κ3) is 3.34. The molecule has 0 aliphatic carbocycles. The molecule has 0 fully saturated rings. The quantitative estimate of drug-likeness (QED) is 0.936. The fourth-order valence-electron chi connectivity index (χ4n) is 1.51. The first-order chi connectivity index (χ1) is 9.74. The van der Waals surface area contributed by atoms with Crippen LogP contribution in [0.5, 0.6) is 0 Å². The van der Waals surface area contributed by atoms with Gasteiger partial charge in [-0.15, -0.1) is 11.3 Å². The molecule has 0 aliphatic heterocycles. The molecule has 4 nitrogen and oxygen atoms in total. The van der Waals surface area contributed by atoms with E-state index in [2.05, 4.69) is 4.72 Å². The van der Waals surface area contributed by atoms with Gasteiger partial charge in [0.2, 0.25) is 0 Å². The predicted molar refractivity (Wildman–Crippen MR) is 71.3 cm³/mol. The number of sulfonamides is 1. The maximum absolute atomic E-state index is 12.6. The Kier molecular flexibility index (Phi) is 3.93. The summed E-state index contributed by atoms with van der Waals surface area (Å²) in [5, 5.41) is 10.4. The summed E-state index contributed by atoms with van der Waals surface area (Å²) in [4.78, 5) is 0. The Morgan fingerprint density at radius 1 is 1.24 bits per heavy atom. The van der Waals surface area contributed by atoms with Crippen molar-refractivity contribution in [1.29, 1.82) is 5.26 Å². The van der Waals surface area contributed by atoms with Crippen LogP contribution in [0, 0.1) is 11.3 Å². The number of nitrogens with zero attached hydrogens (tertiary/aromatic N) is 1. The molecule has 1 aromatic carbocycles. The summed E-state index contributed by atoms with van der Waals surface area (Å²) in [7, 11) is -3.91. The zero-order valence-electron chi connectivity index (χ0n) is 10.2. The minimum atomic E-state index is -4.60. The van der Waals surface area contributed by atoms with Gasteiger partial charge in [-0.1, -0.05) is 6.07 Å². The molecule has 0 saturated heterocycles. The number of benzene rings is 1. The lowest BCUT2D eigenvalue weighted by molar-refractivity contribution is -0.137. The first-order valence-electron chi connectivity index (χ1n) is 5.42. The second-order valence-corrected chi connectivity index (χ2v) is 6.76. The van der Waals surface area contributed by atoms with Crippen LogP contribution >= 0.6 is 11.3 Å². The maximum atomic E-state index is 12.6. The van der Waals surface area contributed by atoms with Crippen molar-refractivity contribution < 1.29 is 21.6 Å². The largest absolute Gasteiger partial charge is 0.416 e. The van der Waals surface area contributed by atoms with Crippen LogP contribution in [0.2, 0.25) is 0 Å². The summed E-state index contributed by atoms with van der Waals surface area (Å²) in [6.45, 7) is 0. The third-order valence-electron chi connectivity index (χ3n) is 2.47. The Bertz CT molecular complexity index is 791. The van der Waals surface area contributed by atoms with Crippen molar-refractivity contribution in [1.82, 2.24) is 0 Å². The average molecular weight is 332 g/mol. The van der Waals surface area contributed by atoms with Gasteiger partial charge in [0.25, 0.3) is 10.0 Å². The van der Waals surface area contributed by atoms with Crippen LogP contribution < -0.4 is 4.72 Å². The van der Waals surface area contributed by atoms with Crippen molar-refractivity contribution in [2.24, 2.45) is 0 Å². The third-order valence-corrected chi connectivity index (χ3v) is 5.23. The van der Waals surface area contributed by atoms with Crippen molar-refractivity contribution in [3.8, 4) is 6.07 Å². The van der Waals surface area contributed by atoms with Crippen molar-refractivity contribution in [2.75, 3.05) is 4.72 Å². The SMILES string of the molecule is N#Cc1cc(C(F)(F)F)ccc1NS(=O)(=O)c1cccs1. The molecule has 0 amide bonds. The summed E-state index contributed by atoms with van der Waals surface area (Å²) in [5.74, 6) is 0. The fourth-order valence-corrected chi connectivity index (χ4v) is 3.59. The number of rotatable bonds is 3. The molecule has 1 aromatic heterocycles. The highest BCUT2D eigenvalue weighted by Crippen LogP contribution is 2.32. The molecule has 0 spiro atoms. The van der Waals surface area contributed by atoms with Gasteiger partial charge >= 0.3 is 6.18 Å². The van der Waals surface area contributed by atoms with E-state index in [4.69, 9.17) is 5.26 Å². The number of nitrogens with one attached hydrogen (secondary N) is 1. The highest BCUT2D eigenvalue weighted by molar-refractivity contribution is 7.94. The Morgan fingerprint density at radius 2 is 1.95 bits per heavy atom. The molecular weight excluding hydrogens is 325 g/mol. The number of anilines is 1. The lowest BCUT2D eigenvalue weighted by Gasteiger charge is -2.11. The number of hydrogen-bond donors (Lipinski definition) is 1. The van der Waals surface area contributed by atoms with Crippen LogP contribution in [-0.4, -0.2) is 8.42 Å². The van der Waals surface area contributed by atoms with Gasteiger partial charge in [-0.05, 0) is 29.6 Å². The van der Waals surface area contributed by atoms with Crippen LogP contribution in [0.3, 0.4) is 0 Å². The molecule has 2 rings (SSSR count). The summed E-state index contributed by atoms with van der Waals surface area (Å²) >= 11 is 0.957. The van der Waals surface area contributed by atoms with Crippen LogP contribution in [0.4, 0.5) is 18.9 Å². The van der Waals surface area contributed by atoms with Crippen LogP contribution in [0.15, 0.2) is 39.9 Å². The predicted octanol–water partition coefficient (Wildman–Crippen LogP) is 3.44. The average Bonchev–Trinajstić information content (AvgIpc) is 2.92. The lowest BCUT2D eigenvalue weighted by Crippen LogP contribution is -2.13. The second kappa shape index (κ2) is 5.38. The van der Waals surface area contributed by atoms with Crippen LogP contribution in [-0.2, 0) is 16.2 Å². The molecule has 1 heterocycles. The van der Waals surface area contributed by atoms with E-state index in [1.165, 1.54) is 12.1 Å². The smallest absolute Gasteiger partial charge is 0.278 e. The molecule has 0 radical (unpaired) electrons. The van der Waals surface area contributed by atoms with Gasteiger partial charge < -0.3 is 0 Å². The molecule has 9 heteroatoms. The van der Waals surface area contributed by atoms with E-state index in [0.29, 0.717) is 12.1 Å². The fraction of sp³-hybridized carbons (Fsp3) is 0.0833. The molecule has 2 aromatic rings. The number of nitriles is 1. The van der Waals surface area contributed by atoms with E-state index in [9.17, 15) is 21.6 Å². The Balaban J connectivity index is 2.40. The molecule has 0 saturated carbocycles. The highest BCUT2D eigenvalue weighted by Gasteiger charge is 2.31. The minimum Gasteiger partial charge on any atom is -0.278 e. The standard InChI is InChI=1S/C12H7F3N2O2S2/c13-12(14,15)9-3-4-10(8(6-9)7-16)17-21(18,19)11-2-1-5-20-11/h1-6,17H. The highest BCUT2D eigenvalue weighted by atomic mass is 32.2. The number of thiophene rings is 1. The zero-order chi connectivity index (χ0) is 15.7. The Morgan fingerprint density at radius 3 is 2.48 bits per heavy atom. The van der Waals surface area contributed by atoms with E-state index in [1.54, 1.807) is 11.4 Å². The monoisotopic (exact) mass is 332 g/mol. The molecule has 21 heavy (non-hydrogen) atoms. The first-order valence-corrected chi connectivity index (χ1v) is 7.78. The van der Waals surface area contributed by atoms with Crippen LogP contribution in [0.1, 0.15) is 11.1 Å². The molecule has 0 atom stereocenters. The Hall–Kier alpha value is -2.05. The van der Waals surface area contributed by atoms with Gasteiger partial charge in [-0.2, -0.15) is 18.4 Å². The summed E-state index contributed by atoms with van der Waals surface area (Å²) in [6.07, 6.45) is -4.60.